The Morgan fingerprint density at radius 1 is 1.11 bits per heavy atom. The molecule has 150 valence electrons. The molecule has 1 saturated heterocycles. The minimum absolute atomic E-state index is 0.268. The summed E-state index contributed by atoms with van der Waals surface area (Å²) < 4.78 is 32.6. The summed E-state index contributed by atoms with van der Waals surface area (Å²) in [5.41, 5.74) is 0.573. The lowest BCUT2D eigenvalue weighted by Crippen LogP contribution is -2.37. The molecule has 1 aromatic rings. The van der Waals surface area contributed by atoms with Gasteiger partial charge in [-0.05, 0) is 56.1 Å². The van der Waals surface area contributed by atoms with Crippen molar-refractivity contribution < 1.29 is 13.2 Å². The molecule has 3 rings (SSSR count). The zero-order valence-electron chi connectivity index (χ0n) is 15.9. The summed E-state index contributed by atoms with van der Waals surface area (Å²) in [5, 5.41) is 7.03. The Morgan fingerprint density at radius 2 is 1.78 bits per heavy atom. The molecule has 1 heterocycles. The van der Waals surface area contributed by atoms with Crippen molar-refractivity contribution in [3.63, 3.8) is 0 Å². The molecule has 2 N–H and O–H groups in total. The van der Waals surface area contributed by atoms with E-state index in [0.717, 1.165) is 25.7 Å². The Kier molecular flexibility index (Phi) is 6.94. The maximum absolute atomic E-state index is 12.8. The molecule has 8 heteroatoms. The second kappa shape index (κ2) is 9.21. The van der Waals surface area contributed by atoms with Gasteiger partial charge < -0.3 is 15.4 Å². The van der Waals surface area contributed by atoms with Crippen LogP contribution in [0.4, 0.5) is 5.69 Å². The van der Waals surface area contributed by atoms with Crippen LogP contribution < -0.4 is 15.4 Å². The number of anilines is 1. The van der Waals surface area contributed by atoms with E-state index in [1.807, 2.05) is 0 Å². The summed E-state index contributed by atoms with van der Waals surface area (Å²) in [6, 6.07) is 5.27. The normalized spacial score (nSPS) is 19.4. The van der Waals surface area contributed by atoms with Crippen molar-refractivity contribution in [3.8, 4) is 5.75 Å². The van der Waals surface area contributed by atoms with Crippen LogP contribution in [0.25, 0.3) is 0 Å². The van der Waals surface area contributed by atoms with E-state index in [-0.39, 0.29) is 4.90 Å². The SMILES string of the molecule is COc1ccc(S(=O)(=O)N2CCCC2)cc1NC(=S)NC1CCCCCC1. The molecule has 0 spiro atoms. The Morgan fingerprint density at radius 3 is 2.41 bits per heavy atom. The van der Waals surface area contributed by atoms with Crippen molar-refractivity contribution in [2.45, 2.75) is 62.3 Å². The van der Waals surface area contributed by atoms with Crippen LogP contribution in [0, 0.1) is 0 Å². The van der Waals surface area contributed by atoms with Gasteiger partial charge in [0.25, 0.3) is 0 Å². The van der Waals surface area contributed by atoms with Gasteiger partial charge in [-0.15, -0.1) is 0 Å². The molecular formula is C19H29N3O3S2. The predicted octanol–water partition coefficient (Wildman–Crippen LogP) is 3.49. The number of hydrogen-bond acceptors (Lipinski definition) is 4. The molecule has 0 radical (unpaired) electrons. The highest BCUT2D eigenvalue weighted by molar-refractivity contribution is 7.89. The third kappa shape index (κ3) is 5.12. The molecular weight excluding hydrogens is 382 g/mol. The highest BCUT2D eigenvalue weighted by Crippen LogP contribution is 2.30. The van der Waals surface area contributed by atoms with Gasteiger partial charge in [0, 0.05) is 19.1 Å². The molecule has 1 saturated carbocycles. The van der Waals surface area contributed by atoms with E-state index in [4.69, 9.17) is 17.0 Å². The standard InChI is InChI=1S/C19H29N3O3S2/c1-25-18-11-10-16(27(23,24)22-12-6-7-13-22)14-17(18)21-19(26)20-15-8-4-2-3-5-9-15/h10-11,14-15H,2-9,12-13H2,1H3,(H2,20,21,26). The third-order valence-electron chi connectivity index (χ3n) is 5.31. The van der Waals surface area contributed by atoms with Gasteiger partial charge in [0.2, 0.25) is 10.0 Å². The number of sulfonamides is 1. The van der Waals surface area contributed by atoms with Crippen molar-refractivity contribution >= 4 is 33.0 Å². The lowest BCUT2D eigenvalue weighted by atomic mass is 10.1. The molecule has 2 fully saturated rings. The monoisotopic (exact) mass is 411 g/mol. The summed E-state index contributed by atoms with van der Waals surface area (Å²) in [4.78, 5) is 0.268. The molecule has 0 amide bonds. The van der Waals surface area contributed by atoms with Crippen LogP contribution in [-0.4, -0.2) is 44.1 Å². The predicted molar refractivity (Wildman–Crippen MR) is 112 cm³/mol. The topological polar surface area (TPSA) is 70.7 Å². The quantitative estimate of drug-likeness (QED) is 0.571. The number of thiocarbonyl (C=S) groups is 1. The average Bonchev–Trinajstić information content (AvgIpc) is 3.09. The Bertz CT molecular complexity index is 753. The van der Waals surface area contributed by atoms with E-state index in [9.17, 15) is 8.42 Å². The van der Waals surface area contributed by atoms with Crippen LogP contribution >= 0.6 is 12.2 Å². The molecule has 1 aromatic carbocycles. The van der Waals surface area contributed by atoms with Crippen LogP contribution in [0.3, 0.4) is 0 Å². The zero-order valence-corrected chi connectivity index (χ0v) is 17.5. The first-order valence-electron chi connectivity index (χ1n) is 9.76. The molecule has 1 aliphatic heterocycles. The first-order chi connectivity index (χ1) is 13.0. The van der Waals surface area contributed by atoms with Gasteiger partial charge in [-0.3, -0.25) is 0 Å². The van der Waals surface area contributed by atoms with Crippen LogP contribution in [0.5, 0.6) is 5.75 Å². The maximum atomic E-state index is 12.8. The van der Waals surface area contributed by atoms with E-state index in [1.165, 1.54) is 25.7 Å². The molecule has 0 unspecified atom stereocenters. The lowest BCUT2D eigenvalue weighted by molar-refractivity contribution is 0.416. The van der Waals surface area contributed by atoms with Crippen LogP contribution in [0.2, 0.25) is 0 Å². The Balaban J connectivity index is 1.74. The smallest absolute Gasteiger partial charge is 0.243 e. The summed E-state index contributed by atoms with van der Waals surface area (Å²) in [5.74, 6) is 0.570. The number of benzene rings is 1. The molecule has 1 aliphatic carbocycles. The second-order valence-corrected chi connectivity index (χ2v) is 9.61. The van der Waals surface area contributed by atoms with Crippen LogP contribution in [0.15, 0.2) is 23.1 Å². The van der Waals surface area contributed by atoms with Gasteiger partial charge in [0.05, 0.1) is 17.7 Å². The largest absolute Gasteiger partial charge is 0.495 e. The average molecular weight is 412 g/mol. The minimum atomic E-state index is -3.48. The number of hydrogen-bond donors (Lipinski definition) is 2. The lowest BCUT2D eigenvalue weighted by Gasteiger charge is -2.21. The fourth-order valence-corrected chi connectivity index (χ4v) is 5.61. The van der Waals surface area contributed by atoms with Crippen molar-refractivity contribution in [2.24, 2.45) is 0 Å². The van der Waals surface area contributed by atoms with Crippen molar-refractivity contribution in [2.75, 3.05) is 25.5 Å². The number of rotatable bonds is 5. The fraction of sp³-hybridized carbons (Fsp3) is 0.632. The first-order valence-corrected chi connectivity index (χ1v) is 11.6. The van der Waals surface area contributed by atoms with Crippen molar-refractivity contribution in [1.82, 2.24) is 9.62 Å². The van der Waals surface area contributed by atoms with Gasteiger partial charge in [0.15, 0.2) is 5.11 Å². The third-order valence-corrected chi connectivity index (χ3v) is 7.43. The summed E-state index contributed by atoms with van der Waals surface area (Å²) in [7, 11) is -1.91. The second-order valence-electron chi connectivity index (χ2n) is 7.26. The number of methoxy groups -OCH3 is 1. The highest BCUT2D eigenvalue weighted by atomic mass is 32.2. The van der Waals surface area contributed by atoms with E-state index in [1.54, 1.807) is 29.6 Å². The van der Waals surface area contributed by atoms with Crippen molar-refractivity contribution in [3.05, 3.63) is 18.2 Å². The molecule has 0 atom stereocenters. The van der Waals surface area contributed by atoms with Gasteiger partial charge in [0.1, 0.15) is 5.75 Å². The molecule has 2 aliphatic rings. The van der Waals surface area contributed by atoms with Gasteiger partial charge in [-0.2, -0.15) is 4.31 Å². The summed E-state index contributed by atoms with van der Waals surface area (Å²) in [6.07, 6.45) is 9.04. The first kappa shape index (κ1) is 20.4. The number of nitrogens with zero attached hydrogens (tertiary/aromatic N) is 1. The van der Waals surface area contributed by atoms with Gasteiger partial charge in [-0.1, -0.05) is 25.7 Å². The van der Waals surface area contributed by atoms with E-state index >= 15 is 0 Å². The van der Waals surface area contributed by atoms with Crippen molar-refractivity contribution in [1.29, 1.82) is 0 Å². The number of nitrogens with one attached hydrogen (secondary N) is 2. The van der Waals surface area contributed by atoms with Gasteiger partial charge >= 0.3 is 0 Å². The Hall–Kier alpha value is -1.38. The minimum Gasteiger partial charge on any atom is -0.495 e. The van der Waals surface area contributed by atoms with Crippen LogP contribution in [-0.2, 0) is 10.0 Å². The fourth-order valence-electron chi connectivity index (χ4n) is 3.79. The highest BCUT2D eigenvalue weighted by Gasteiger charge is 2.28. The van der Waals surface area contributed by atoms with E-state index < -0.39 is 10.0 Å². The van der Waals surface area contributed by atoms with E-state index in [0.29, 0.717) is 35.7 Å². The zero-order chi connectivity index (χ0) is 19.3. The summed E-state index contributed by atoms with van der Waals surface area (Å²) >= 11 is 5.47. The van der Waals surface area contributed by atoms with E-state index in [2.05, 4.69) is 10.6 Å². The van der Waals surface area contributed by atoms with Gasteiger partial charge in [-0.25, -0.2) is 8.42 Å². The number of ether oxygens (including phenoxy) is 1. The molecule has 0 bridgehead atoms. The molecule has 6 nitrogen and oxygen atoms in total. The van der Waals surface area contributed by atoms with Crippen LogP contribution in [0.1, 0.15) is 51.4 Å². The maximum Gasteiger partial charge on any atom is 0.243 e. The molecule has 0 aromatic heterocycles. The summed E-state index contributed by atoms with van der Waals surface area (Å²) in [6.45, 7) is 1.16. The Labute approximate surface area is 167 Å². The molecule has 27 heavy (non-hydrogen) atoms.